The predicted octanol–water partition coefficient (Wildman–Crippen LogP) is 3.19. The zero-order valence-electron chi connectivity index (χ0n) is 16.9. The summed E-state index contributed by atoms with van der Waals surface area (Å²) in [4.78, 5) is 37.0. The number of benzene rings is 2. The lowest BCUT2D eigenvalue weighted by Crippen LogP contribution is -2.28. The van der Waals surface area contributed by atoms with Gasteiger partial charge in [0, 0.05) is 23.1 Å². The largest absolute Gasteiger partial charge is 0.484 e. The molecule has 0 radical (unpaired) electrons. The lowest BCUT2D eigenvalue weighted by Gasteiger charge is -2.12. The van der Waals surface area contributed by atoms with E-state index in [1.54, 1.807) is 36.4 Å². The first-order chi connectivity index (χ1) is 15.1. The van der Waals surface area contributed by atoms with Crippen molar-refractivity contribution in [1.82, 2.24) is 5.32 Å². The maximum Gasteiger partial charge on any atom is 0.339 e. The van der Waals surface area contributed by atoms with E-state index in [1.165, 1.54) is 0 Å². The van der Waals surface area contributed by atoms with Crippen LogP contribution in [0.4, 0.5) is 5.69 Å². The molecule has 0 bridgehead atoms. The van der Waals surface area contributed by atoms with Gasteiger partial charge in [-0.1, -0.05) is 12.1 Å². The molecule has 7 nitrogen and oxygen atoms in total. The molecule has 0 saturated heterocycles. The minimum absolute atomic E-state index is 0.198. The highest BCUT2D eigenvalue weighted by molar-refractivity contribution is 6.04. The molecule has 0 spiro atoms. The van der Waals surface area contributed by atoms with Gasteiger partial charge in [-0.2, -0.15) is 0 Å². The molecule has 2 aliphatic rings. The van der Waals surface area contributed by atoms with Gasteiger partial charge in [0.2, 0.25) is 0 Å². The van der Waals surface area contributed by atoms with E-state index in [0.29, 0.717) is 22.6 Å². The van der Waals surface area contributed by atoms with Crippen molar-refractivity contribution in [3.05, 3.63) is 69.6 Å². The number of hydrogen-bond donors (Lipinski definition) is 2. The van der Waals surface area contributed by atoms with E-state index < -0.39 is 0 Å². The maximum atomic E-state index is 12.4. The zero-order chi connectivity index (χ0) is 21.4. The molecule has 1 saturated carbocycles. The van der Waals surface area contributed by atoms with Crippen LogP contribution in [0, 0.1) is 0 Å². The first-order valence-electron chi connectivity index (χ1n) is 10.5. The van der Waals surface area contributed by atoms with Gasteiger partial charge in [-0.15, -0.1) is 0 Å². The number of amides is 2. The van der Waals surface area contributed by atoms with E-state index >= 15 is 0 Å². The Balaban J connectivity index is 1.27. The Bertz CT molecular complexity index is 1240. The third kappa shape index (κ3) is 4.03. The highest BCUT2D eigenvalue weighted by Crippen LogP contribution is 2.29. The molecule has 2 aromatic carbocycles. The summed E-state index contributed by atoms with van der Waals surface area (Å²) in [5.74, 6) is -0.151. The molecule has 0 aliphatic heterocycles. The number of ether oxygens (including phenoxy) is 1. The third-order valence-electron chi connectivity index (χ3n) is 5.67. The summed E-state index contributed by atoms with van der Waals surface area (Å²) in [6.45, 7) is -0.237. The van der Waals surface area contributed by atoms with Crippen LogP contribution in [0.5, 0.6) is 5.75 Å². The minimum Gasteiger partial charge on any atom is -0.484 e. The number of fused-ring (bicyclic) bond motifs is 3. The van der Waals surface area contributed by atoms with E-state index in [-0.39, 0.29) is 30.1 Å². The average molecular weight is 418 g/mol. The molecule has 1 heterocycles. The Morgan fingerprint density at radius 3 is 2.71 bits per heavy atom. The van der Waals surface area contributed by atoms with E-state index in [9.17, 15) is 14.4 Å². The molecule has 2 N–H and O–H groups in total. The van der Waals surface area contributed by atoms with Gasteiger partial charge < -0.3 is 19.8 Å². The molecule has 1 aromatic heterocycles. The maximum absolute atomic E-state index is 12.4. The van der Waals surface area contributed by atoms with Crippen molar-refractivity contribution in [3.63, 3.8) is 0 Å². The van der Waals surface area contributed by atoms with Gasteiger partial charge in [-0.05, 0) is 61.9 Å². The molecule has 31 heavy (non-hydrogen) atoms. The molecule has 3 aromatic rings. The summed E-state index contributed by atoms with van der Waals surface area (Å²) in [6, 6.07) is 12.4. The van der Waals surface area contributed by atoms with Crippen LogP contribution in [0.3, 0.4) is 0 Å². The van der Waals surface area contributed by atoms with Crippen LogP contribution in [0.25, 0.3) is 11.0 Å². The summed E-state index contributed by atoms with van der Waals surface area (Å²) < 4.78 is 11.1. The van der Waals surface area contributed by atoms with E-state index in [1.807, 2.05) is 6.07 Å². The Morgan fingerprint density at radius 2 is 1.87 bits per heavy atom. The van der Waals surface area contributed by atoms with Crippen LogP contribution < -0.4 is 21.0 Å². The number of carbonyl (C=O) groups excluding carboxylic acids is 2. The van der Waals surface area contributed by atoms with Crippen molar-refractivity contribution < 1.29 is 18.7 Å². The predicted molar refractivity (Wildman–Crippen MR) is 116 cm³/mol. The number of rotatable bonds is 6. The quantitative estimate of drug-likeness (QED) is 0.599. The number of anilines is 1. The van der Waals surface area contributed by atoms with Gasteiger partial charge in [0.1, 0.15) is 11.3 Å². The van der Waals surface area contributed by atoms with Gasteiger partial charge in [0.25, 0.3) is 11.8 Å². The minimum atomic E-state index is -0.387. The molecule has 2 amide bonds. The van der Waals surface area contributed by atoms with Gasteiger partial charge in [0.15, 0.2) is 6.61 Å². The first kappa shape index (κ1) is 19.4. The molecular formula is C24H22N2O5. The standard InChI is InChI=1S/C24H22N2O5/c27-22(26-20-7-2-1-4-19(20)23(28)25-14-8-9-14)13-30-15-10-11-17-16-5-3-6-18(16)24(29)31-21(17)12-15/h1-2,4,7,10-12,14H,3,5-6,8-9,13H2,(H,25,28)(H,26,27). The second kappa shape index (κ2) is 7.91. The fraction of sp³-hybridized carbons (Fsp3) is 0.292. The number of carbonyl (C=O) groups is 2. The van der Waals surface area contributed by atoms with Gasteiger partial charge in [-0.3, -0.25) is 9.59 Å². The second-order valence-electron chi connectivity index (χ2n) is 7.99. The van der Waals surface area contributed by atoms with Crippen molar-refractivity contribution in [3.8, 4) is 5.75 Å². The van der Waals surface area contributed by atoms with Crippen LogP contribution in [-0.4, -0.2) is 24.5 Å². The van der Waals surface area contributed by atoms with E-state index in [4.69, 9.17) is 9.15 Å². The molecule has 1 fully saturated rings. The Hall–Kier alpha value is -3.61. The summed E-state index contributed by atoms with van der Waals surface area (Å²) in [6.07, 6.45) is 4.56. The van der Waals surface area contributed by atoms with Crippen LogP contribution in [0.2, 0.25) is 0 Å². The lowest BCUT2D eigenvalue weighted by molar-refractivity contribution is -0.118. The van der Waals surface area contributed by atoms with Crippen LogP contribution in [0.1, 0.15) is 40.7 Å². The van der Waals surface area contributed by atoms with Crippen molar-refractivity contribution in [2.24, 2.45) is 0 Å². The van der Waals surface area contributed by atoms with Gasteiger partial charge in [-0.25, -0.2) is 4.79 Å². The van der Waals surface area contributed by atoms with Crippen LogP contribution in [0.15, 0.2) is 51.7 Å². The van der Waals surface area contributed by atoms with Crippen molar-refractivity contribution in [2.75, 3.05) is 11.9 Å². The Labute approximate surface area is 178 Å². The average Bonchev–Trinajstić information content (AvgIpc) is 3.43. The number of aryl methyl sites for hydroxylation is 1. The normalized spacial score (nSPS) is 14.8. The lowest BCUT2D eigenvalue weighted by atomic mass is 10.1. The van der Waals surface area contributed by atoms with Crippen molar-refractivity contribution in [2.45, 2.75) is 38.1 Å². The molecule has 2 aliphatic carbocycles. The molecular weight excluding hydrogens is 396 g/mol. The number of para-hydroxylation sites is 1. The van der Waals surface area contributed by atoms with Crippen LogP contribution >= 0.6 is 0 Å². The number of hydrogen-bond acceptors (Lipinski definition) is 5. The zero-order valence-corrected chi connectivity index (χ0v) is 16.9. The highest BCUT2D eigenvalue weighted by atomic mass is 16.5. The molecule has 7 heteroatoms. The topological polar surface area (TPSA) is 97.6 Å². The monoisotopic (exact) mass is 418 g/mol. The Morgan fingerprint density at radius 1 is 1.06 bits per heavy atom. The van der Waals surface area contributed by atoms with Crippen LogP contribution in [-0.2, 0) is 17.6 Å². The molecule has 0 atom stereocenters. The second-order valence-corrected chi connectivity index (χ2v) is 7.99. The van der Waals surface area contributed by atoms with Gasteiger partial charge in [0.05, 0.1) is 11.3 Å². The van der Waals surface area contributed by atoms with Gasteiger partial charge >= 0.3 is 5.63 Å². The molecule has 0 unspecified atom stereocenters. The molecule has 158 valence electrons. The fourth-order valence-corrected chi connectivity index (χ4v) is 3.97. The third-order valence-corrected chi connectivity index (χ3v) is 5.67. The smallest absolute Gasteiger partial charge is 0.339 e. The Kier molecular flexibility index (Phi) is 4.94. The summed E-state index contributed by atoms with van der Waals surface area (Å²) in [7, 11) is 0. The number of nitrogens with one attached hydrogen (secondary N) is 2. The van der Waals surface area contributed by atoms with E-state index in [2.05, 4.69) is 10.6 Å². The SMILES string of the molecule is O=C(COc1ccc2c3c(c(=O)oc2c1)CCC3)Nc1ccccc1C(=O)NC1CC1. The van der Waals surface area contributed by atoms with Crippen molar-refractivity contribution in [1.29, 1.82) is 0 Å². The summed E-state index contributed by atoms with van der Waals surface area (Å²) in [5.41, 5.74) is 2.85. The summed E-state index contributed by atoms with van der Waals surface area (Å²) in [5, 5.41) is 6.58. The summed E-state index contributed by atoms with van der Waals surface area (Å²) >= 11 is 0. The highest BCUT2D eigenvalue weighted by Gasteiger charge is 2.25. The fourth-order valence-electron chi connectivity index (χ4n) is 3.97. The van der Waals surface area contributed by atoms with Crippen molar-refractivity contribution >= 4 is 28.5 Å². The van der Waals surface area contributed by atoms with E-state index in [0.717, 1.165) is 48.6 Å². The first-order valence-corrected chi connectivity index (χ1v) is 10.5. The molecule has 5 rings (SSSR count).